The molecule has 0 amide bonds. The minimum atomic E-state index is -0.210. The minimum Gasteiger partial charge on any atom is -0.337 e. The van der Waals surface area contributed by atoms with E-state index in [0.29, 0.717) is 11.5 Å². The highest BCUT2D eigenvalue weighted by atomic mass is 19.1. The predicted octanol–water partition coefficient (Wildman–Crippen LogP) is 2.53. The van der Waals surface area contributed by atoms with Crippen molar-refractivity contribution in [2.24, 2.45) is 0 Å². The van der Waals surface area contributed by atoms with Gasteiger partial charge >= 0.3 is 0 Å². The van der Waals surface area contributed by atoms with Gasteiger partial charge in [-0.3, -0.25) is 0 Å². The zero-order valence-corrected chi connectivity index (χ0v) is 12.0. The Hall–Kier alpha value is -2.01. The Morgan fingerprint density at radius 2 is 1.90 bits per heavy atom. The van der Waals surface area contributed by atoms with Gasteiger partial charge in [-0.25, -0.2) is 14.4 Å². The van der Waals surface area contributed by atoms with E-state index in [1.165, 1.54) is 6.07 Å². The molecule has 1 aromatic carbocycles. The Labute approximate surface area is 118 Å². The molecule has 1 unspecified atom stereocenters. The number of hydrogen-bond donors (Lipinski definition) is 1. The van der Waals surface area contributed by atoms with Crippen LogP contribution in [0.3, 0.4) is 0 Å². The van der Waals surface area contributed by atoms with E-state index in [1.54, 1.807) is 24.5 Å². The van der Waals surface area contributed by atoms with Gasteiger partial charge in [0.15, 0.2) is 0 Å². The summed E-state index contributed by atoms with van der Waals surface area (Å²) in [7, 11) is 3.74. The van der Waals surface area contributed by atoms with Crippen LogP contribution in [-0.4, -0.2) is 24.1 Å². The van der Waals surface area contributed by atoms with E-state index in [9.17, 15) is 4.39 Å². The summed E-state index contributed by atoms with van der Waals surface area (Å²) < 4.78 is 13.8. The number of rotatable bonds is 5. The molecule has 0 aliphatic rings. The van der Waals surface area contributed by atoms with Crippen LogP contribution in [0.1, 0.15) is 24.1 Å². The maximum Gasteiger partial charge on any atom is 0.225 e. The van der Waals surface area contributed by atoms with E-state index in [4.69, 9.17) is 0 Å². The summed E-state index contributed by atoms with van der Waals surface area (Å²) in [6, 6.07) is 6.64. The van der Waals surface area contributed by atoms with Crippen LogP contribution in [0.5, 0.6) is 0 Å². The van der Waals surface area contributed by atoms with Crippen LogP contribution in [0.4, 0.5) is 10.3 Å². The molecule has 0 aliphatic carbocycles. The maximum atomic E-state index is 13.8. The standard InChI is InChI=1S/C15H19FN4/c1-11(13-6-4-5-7-14(13)16)20(3)15-18-9-12(8-17-2)10-19-15/h4-7,9-11,17H,8H2,1-3H3. The summed E-state index contributed by atoms with van der Waals surface area (Å²) in [5.41, 5.74) is 1.65. The summed E-state index contributed by atoms with van der Waals surface area (Å²) in [6.45, 7) is 2.66. The van der Waals surface area contributed by atoms with Crippen molar-refractivity contribution in [1.29, 1.82) is 0 Å². The summed E-state index contributed by atoms with van der Waals surface area (Å²) >= 11 is 0. The summed E-state index contributed by atoms with van der Waals surface area (Å²) in [5, 5.41) is 3.05. The van der Waals surface area contributed by atoms with Gasteiger partial charge in [-0.1, -0.05) is 18.2 Å². The van der Waals surface area contributed by atoms with Gasteiger partial charge in [-0.15, -0.1) is 0 Å². The number of hydrogen-bond acceptors (Lipinski definition) is 4. The van der Waals surface area contributed by atoms with E-state index >= 15 is 0 Å². The van der Waals surface area contributed by atoms with E-state index in [2.05, 4.69) is 15.3 Å². The monoisotopic (exact) mass is 274 g/mol. The Bertz CT molecular complexity index is 556. The molecule has 0 radical (unpaired) electrons. The predicted molar refractivity (Wildman–Crippen MR) is 78.0 cm³/mol. The molecule has 0 saturated heterocycles. The maximum absolute atomic E-state index is 13.8. The lowest BCUT2D eigenvalue weighted by Gasteiger charge is -2.25. The highest BCUT2D eigenvalue weighted by Crippen LogP contribution is 2.24. The molecule has 0 spiro atoms. The zero-order valence-electron chi connectivity index (χ0n) is 12.0. The third-order valence-corrected chi connectivity index (χ3v) is 3.32. The molecule has 5 heteroatoms. The topological polar surface area (TPSA) is 41.1 Å². The average Bonchev–Trinajstić information content (AvgIpc) is 2.47. The van der Waals surface area contributed by atoms with Gasteiger partial charge in [0.25, 0.3) is 0 Å². The highest BCUT2D eigenvalue weighted by molar-refractivity contribution is 5.35. The number of nitrogens with one attached hydrogen (secondary N) is 1. The van der Waals surface area contributed by atoms with Gasteiger partial charge in [0.05, 0.1) is 6.04 Å². The largest absolute Gasteiger partial charge is 0.337 e. The normalized spacial score (nSPS) is 12.2. The van der Waals surface area contributed by atoms with Crippen molar-refractivity contribution in [2.75, 3.05) is 19.0 Å². The lowest BCUT2D eigenvalue weighted by Crippen LogP contribution is -2.24. The second kappa shape index (κ2) is 6.43. The molecule has 2 aromatic rings. The Morgan fingerprint density at radius 3 is 2.50 bits per heavy atom. The van der Waals surface area contributed by atoms with Crippen LogP contribution >= 0.6 is 0 Å². The zero-order chi connectivity index (χ0) is 14.5. The van der Waals surface area contributed by atoms with E-state index in [0.717, 1.165) is 12.1 Å². The minimum absolute atomic E-state index is 0.133. The molecule has 0 fully saturated rings. The number of aromatic nitrogens is 2. The SMILES string of the molecule is CNCc1cnc(N(C)C(C)c2ccccc2F)nc1. The van der Waals surface area contributed by atoms with Gasteiger partial charge in [0, 0.05) is 37.1 Å². The quantitative estimate of drug-likeness (QED) is 0.909. The molecule has 0 saturated carbocycles. The third-order valence-electron chi connectivity index (χ3n) is 3.32. The first-order chi connectivity index (χ1) is 9.63. The summed E-state index contributed by atoms with van der Waals surface area (Å²) in [5.74, 6) is 0.374. The summed E-state index contributed by atoms with van der Waals surface area (Å²) in [4.78, 5) is 10.5. The molecular weight excluding hydrogens is 255 g/mol. The van der Waals surface area contributed by atoms with Crippen molar-refractivity contribution >= 4 is 5.95 Å². The molecular formula is C15H19FN4. The fraction of sp³-hybridized carbons (Fsp3) is 0.333. The van der Waals surface area contributed by atoms with Crippen molar-refractivity contribution in [2.45, 2.75) is 19.5 Å². The molecule has 1 N–H and O–H groups in total. The van der Waals surface area contributed by atoms with Crippen LogP contribution in [0.25, 0.3) is 0 Å². The first-order valence-electron chi connectivity index (χ1n) is 6.56. The molecule has 0 bridgehead atoms. The smallest absolute Gasteiger partial charge is 0.225 e. The van der Waals surface area contributed by atoms with Gasteiger partial charge < -0.3 is 10.2 Å². The van der Waals surface area contributed by atoms with Crippen LogP contribution in [0, 0.1) is 5.82 Å². The molecule has 106 valence electrons. The van der Waals surface area contributed by atoms with Gasteiger partial charge in [-0.05, 0) is 20.0 Å². The molecule has 2 rings (SSSR count). The van der Waals surface area contributed by atoms with E-state index in [1.807, 2.05) is 32.0 Å². The molecule has 1 aromatic heterocycles. The van der Waals surface area contributed by atoms with Crippen LogP contribution in [-0.2, 0) is 6.54 Å². The molecule has 1 heterocycles. The van der Waals surface area contributed by atoms with Crippen LogP contribution in [0.15, 0.2) is 36.7 Å². The Balaban J connectivity index is 2.18. The second-order valence-corrected chi connectivity index (χ2v) is 4.73. The van der Waals surface area contributed by atoms with Gasteiger partial charge in [0.1, 0.15) is 5.82 Å². The van der Waals surface area contributed by atoms with E-state index < -0.39 is 0 Å². The number of nitrogens with zero attached hydrogens (tertiary/aromatic N) is 3. The van der Waals surface area contributed by atoms with Crippen molar-refractivity contribution in [3.63, 3.8) is 0 Å². The first kappa shape index (κ1) is 14.4. The number of benzene rings is 1. The first-order valence-corrected chi connectivity index (χ1v) is 6.56. The molecule has 20 heavy (non-hydrogen) atoms. The fourth-order valence-electron chi connectivity index (χ4n) is 2.02. The lowest BCUT2D eigenvalue weighted by atomic mass is 10.1. The van der Waals surface area contributed by atoms with Crippen molar-refractivity contribution < 1.29 is 4.39 Å². The Morgan fingerprint density at radius 1 is 1.25 bits per heavy atom. The van der Waals surface area contributed by atoms with Crippen molar-refractivity contribution in [3.8, 4) is 0 Å². The average molecular weight is 274 g/mol. The third kappa shape index (κ3) is 3.11. The van der Waals surface area contributed by atoms with E-state index in [-0.39, 0.29) is 11.9 Å². The van der Waals surface area contributed by atoms with Crippen molar-refractivity contribution in [3.05, 3.63) is 53.6 Å². The Kier molecular flexibility index (Phi) is 4.63. The number of anilines is 1. The second-order valence-electron chi connectivity index (χ2n) is 4.73. The van der Waals surface area contributed by atoms with Gasteiger partial charge in [-0.2, -0.15) is 0 Å². The fourth-order valence-corrected chi connectivity index (χ4v) is 2.02. The summed E-state index contributed by atoms with van der Waals surface area (Å²) in [6.07, 6.45) is 3.56. The van der Waals surface area contributed by atoms with Crippen molar-refractivity contribution in [1.82, 2.24) is 15.3 Å². The van der Waals surface area contributed by atoms with Crippen LogP contribution in [0.2, 0.25) is 0 Å². The highest BCUT2D eigenvalue weighted by Gasteiger charge is 2.17. The molecule has 1 atom stereocenters. The molecule has 0 aliphatic heterocycles. The van der Waals surface area contributed by atoms with Gasteiger partial charge in [0.2, 0.25) is 5.95 Å². The lowest BCUT2D eigenvalue weighted by molar-refractivity contribution is 0.582. The molecule has 4 nitrogen and oxygen atoms in total. The number of halogens is 1. The van der Waals surface area contributed by atoms with Crippen LogP contribution < -0.4 is 10.2 Å².